The summed E-state index contributed by atoms with van der Waals surface area (Å²) in [5, 5.41) is 13.0. The van der Waals surface area contributed by atoms with Crippen LogP contribution in [0.3, 0.4) is 0 Å². The summed E-state index contributed by atoms with van der Waals surface area (Å²) in [4.78, 5) is 0. The van der Waals surface area contributed by atoms with E-state index in [4.69, 9.17) is 0 Å². The summed E-state index contributed by atoms with van der Waals surface area (Å²) in [6.07, 6.45) is 1.62. The second-order valence-corrected chi connectivity index (χ2v) is 3.56. The van der Waals surface area contributed by atoms with Gasteiger partial charge in [-0.15, -0.1) is 0 Å². The minimum absolute atomic E-state index is 0.263. The van der Waals surface area contributed by atoms with E-state index < -0.39 is 0 Å². The molecule has 70 valence electrons. The molecule has 1 aliphatic rings. The zero-order chi connectivity index (χ0) is 9.26. The molecule has 2 heteroatoms. The fourth-order valence-electron chi connectivity index (χ4n) is 2.07. The molecular formula is C11H15NO. The smallest absolute Gasteiger partial charge is 0.0794 e. The van der Waals surface area contributed by atoms with Gasteiger partial charge in [0, 0.05) is 6.04 Å². The van der Waals surface area contributed by atoms with Gasteiger partial charge in [0.15, 0.2) is 0 Å². The highest BCUT2D eigenvalue weighted by Crippen LogP contribution is 2.35. The molecule has 0 radical (unpaired) electrons. The number of hydrogen-bond acceptors (Lipinski definition) is 2. The lowest BCUT2D eigenvalue weighted by Crippen LogP contribution is -2.23. The molecule has 2 rings (SSSR count). The Morgan fingerprint density at radius 3 is 2.62 bits per heavy atom. The molecule has 0 bridgehead atoms. The zero-order valence-electron chi connectivity index (χ0n) is 7.83. The van der Waals surface area contributed by atoms with Crippen LogP contribution in [0.4, 0.5) is 0 Å². The van der Waals surface area contributed by atoms with E-state index in [-0.39, 0.29) is 6.10 Å². The maximum absolute atomic E-state index is 9.75. The average Bonchev–Trinajstić information content (AvgIpc) is 2.19. The summed E-state index contributed by atoms with van der Waals surface area (Å²) in [6.45, 7) is 0. The molecule has 0 aliphatic heterocycles. The number of benzene rings is 1. The highest BCUT2D eigenvalue weighted by atomic mass is 16.3. The highest BCUT2D eigenvalue weighted by Gasteiger charge is 2.23. The van der Waals surface area contributed by atoms with Crippen molar-refractivity contribution in [3.63, 3.8) is 0 Å². The maximum Gasteiger partial charge on any atom is 0.0794 e. The van der Waals surface area contributed by atoms with Crippen LogP contribution in [0.15, 0.2) is 24.3 Å². The third-order valence-electron chi connectivity index (χ3n) is 2.81. The molecule has 1 aliphatic carbocycles. The molecule has 13 heavy (non-hydrogen) atoms. The van der Waals surface area contributed by atoms with Crippen molar-refractivity contribution in [1.29, 1.82) is 0 Å². The monoisotopic (exact) mass is 177 g/mol. The molecule has 2 atom stereocenters. The van der Waals surface area contributed by atoms with E-state index in [0.717, 1.165) is 18.4 Å². The van der Waals surface area contributed by atoms with Crippen LogP contribution in [0.1, 0.15) is 36.1 Å². The molecule has 2 unspecified atom stereocenters. The molecule has 2 N–H and O–H groups in total. The predicted molar refractivity (Wildman–Crippen MR) is 52.4 cm³/mol. The third-order valence-corrected chi connectivity index (χ3v) is 2.81. The summed E-state index contributed by atoms with van der Waals surface area (Å²) < 4.78 is 0. The third kappa shape index (κ3) is 1.47. The van der Waals surface area contributed by atoms with E-state index in [1.165, 1.54) is 5.56 Å². The Kier molecular flexibility index (Phi) is 2.34. The van der Waals surface area contributed by atoms with Crippen LogP contribution < -0.4 is 5.32 Å². The Morgan fingerprint density at radius 2 is 1.92 bits per heavy atom. The van der Waals surface area contributed by atoms with Crippen LogP contribution >= 0.6 is 0 Å². The number of aliphatic hydroxyl groups excluding tert-OH is 1. The second kappa shape index (κ2) is 3.48. The Balaban J connectivity index is 2.42. The largest absolute Gasteiger partial charge is 0.388 e. The Hall–Kier alpha value is -0.860. The fourth-order valence-corrected chi connectivity index (χ4v) is 2.07. The van der Waals surface area contributed by atoms with E-state index in [2.05, 4.69) is 11.4 Å². The minimum atomic E-state index is -0.263. The van der Waals surface area contributed by atoms with Crippen LogP contribution in [0.2, 0.25) is 0 Å². The average molecular weight is 177 g/mol. The van der Waals surface area contributed by atoms with Gasteiger partial charge in [-0.1, -0.05) is 24.3 Å². The van der Waals surface area contributed by atoms with Gasteiger partial charge in [0.2, 0.25) is 0 Å². The lowest BCUT2D eigenvalue weighted by Gasteiger charge is -2.28. The van der Waals surface area contributed by atoms with Crippen LogP contribution in [0, 0.1) is 0 Å². The zero-order valence-corrected chi connectivity index (χ0v) is 7.83. The lowest BCUT2D eigenvalue weighted by atomic mass is 9.86. The molecular weight excluding hydrogens is 162 g/mol. The van der Waals surface area contributed by atoms with E-state index in [1.54, 1.807) is 0 Å². The molecule has 0 saturated carbocycles. The van der Waals surface area contributed by atoms with Crippen LogP contribution in [0.25, 0.3) is 0 Å². The number of nitrogens with one attached hydrogen (secondary N) is 1. The van der Waals surface area contributed by atoms with Gasteiger partial charge >= 0.3 is 0 Å². The van der Waals surface area contributed by atoms with Crippen molar-refractivity contribution in [3.05, 3.63) is 35.4 Å². The standard InChI is InChI=1S/C11H15NO/c1-12-10-6-7-11(13)9-5-3-2-4-8(9)10/h2-5,10-13H,6-7H2,1H3. The molecule has 1 aromatic rings. The summed E-state index contributed by atoms with van der Waals surface area (Å²) in [5.74, 6) is 0. The van der Waals surface area contributed by atoms with Crippen LogP contribution in [-0.2, 0) is 0 Å². The molecule has 0 aromatic heterocycles. The van der Waals surface area contributed by atoms with Crippen molar-refractivity contribution < 1.29 is 5.11 Å². The van der Waals surface area contributed by atoms with Crippen molar-refractivity contribution in [2.45, 2.75) is 25.0 Å². The Morgan fingerprint density at radius 1 is 1.23 bits per heavy atom. The Labute approximate surface area is 78.6 Å². The fraction of sp³-hybridized carbons (Fsp3) is 0.455. The van der Waals surface area contributed by atoms with Gasteiger partial charge in [0.1, 0.15) is 0 Å². The first-order valence-electron chi connectivity index (χ1n) is 4.77. The Bertz CT molecular complexity index is 298. The van der Waals surface area contributed by atoms with Crippen molar-refractivity contribution in [2.75, 3.05) is 7.05 Å². The second-order valence-electron chi connectivity index (χ2n) is 3.56. The van der Waals surface area contributed by atoms with E-state index >= 15 is 0 Å². The maximum atomic E-state index is 9.75. The number of fused-ring (bicyclic) bond motifs is 1. The molecule has 0 fully saturated rings. The van der Waals surface area contributed by atoms with Gasteiger partial charge < -0.3 is 10.4 Å². The molecule has 0 heterocycles. The summed E-state index contributed by atoms with van der Waals surface area (Å²) in [5.41, 5.74) is 2.34. The summed E-state index contributed by atoms with van der Waals surface area (Å²) in [7, 11) is 1.97. The van der Waals surface area contributed by atoms with Crippen LogP contribution in [-0.4, -0.2) is 12.2 Å². The first kappa shape index (κ1) is 8.73. The molecule has 1 aromatic carbocycles. The van der Waals surface area contributed by atoms with Gasteiger partial charge in [-0.2, -0.15) is 0 Å². The molecule has 0 amide bonds. The topological polar surface area (TPSA) is 32.3 Å². The quantitative estimate of drug-likeness (QED) is 0.685. The van der Waals surface area contributed by atoms with Gasteiger partial charge in [0.25, 0.3) is 0 Å². The normalized spacial score (nSPS) is 26.9. The van der Waals surface area contributed by atoms with Crippen molar-refractivity contribution >= 4 is 0 Å². The van der Waals surface area contributed by atoms with E-state index in [0.29, 0.717) is 6.04 Å². The first-order chi connectivity index (χ1) is 6.33. The minimum Gasteiger partial charge on any atom is -0.388 e. The molecule has 0 spiro atoms. The predicted octanol–water partition coefficient (Wildman–Crippen LogP) is 1.77. The van der Waals surface area contributed by atoms with Gasteiger partial charge in [0.05, 0.1) is 6.10 Å². The molecule has 0 saturated heterocycles. The molecule has 2 nitrogen and oxygen atoms in total. The van der Waals surface area contributed by atoms with Crippen molar-refractivity contribution in [1.82, 2.24) is 5.32 Å². The SMILES string of the molecule is CNC1CCC(O)c2ccccc21. The highest BCUT2D eigenvalue weighted by molar-refractivity contribution is 5.33. The summed E-state index contributed by atoms with van der Waals surface area (Å²) in [6, 6.07) is 8.54. The van der Waals surface area contributed by atoms with Crippen molar-refractivity contribution in [2.24, 2.45) is 0 Å². The van der Waals surface area contributed by atoms with Crippen molar-refractivity contribution in [3.8, 4) is 0 Å². The number of hydrogen-bond donors (Lipinski definition) is 2. The van der Waals surface area contributed by atoms with Gasteiger partial charge in [-0.05, 0) is 31.0 Å². The van der Waals surface area contributed by atoms with Crippen LogP contribution in [0.5, 0.6) is 0 Å². The summed E-state index contributed by atoms with van der Waals surface area (Å²) >= 11 is 0. The number of rotatable bonds is 1. The van der Waals surface area contributed by atoms with Gasteiger partial charge in [-0.3, -0.25) is 0 Å². The number of aliphatic hydroxyl groups is 1. The van der Waals surface area contributed by atoms with E-state index in [9.17, 15) is 5.11 Å². The first-order valence-corrected chi connectivity index (χ1v) is 4.77. The lowest BCUT2D eigenvalue weighted by molar-refractivity contribution is 0.147. The van der Waals surface area contributed by atoms with E-state index in [1.807, 2.05) is 25.2 Å². The van der Waals surface area contributed by atoms with Gasteiger partial charge in [-0.25, -0.2) is 0 Å².